The van der Waals surface area contributed by atoms with E-state index in [2.05, 4.69) is 15.4 Å². The maximum Gasteiger partial charge on any atom is 0.290 e. The molecule has 2 heterocycles. The first-order valence-corrected chi connectivity index (χ1v) is 5.83. The Balaban J connectivity index is 2.15. The predicted octanol–water partition coefficient (Wildman–Crippen LogP) is 2.20. The van der Waals surface area contributed by atoms with E-state index in [-0.39, 0.29) is 11.7 Å². The minimum absolute atomic E-state index is 0.0274. The van der Waals surface area contributed by atoms with Crippen LogP contribution in [0.15, 0.2) is 24.7 Å². The van der Waals surface area contributed by atoms with Gasteiger partial charge in [0, 0.05) is 24.4 Å². The third-order valence-corrected chi connectivity index (χ3v) is 2.87. The number of rotatable bonds is 4. The molecule has 0 aromatic carbocycles. The molecule has 1 N–H and O–H groups in total. The Morgan fingerprint density at radius 3 is 2.74 bits per heavy atom. The van der Waals surface area contributed by atoms with Gasteiger partial charge < -0.3 is 5.32 Å². The van der Waals surface area contributed by atoms with Crippen molar-refractivity contribution in [3.8, 4) is 0 Å². The summed E-state index contributed by atoms with van der Waals surface area (Å²) in [6, 6.07) is 1.70. The van der Waals surface area contributed by atoms with Crippen LogP contribution in [0.5, 0.6) is 0 Å². The number of nitrogens with zero attached hydrogens (tertiary/aromatic N) is 4. The molecule has 0 aliphatic rings. The van der Waals surface area contributed by atoms with Crippen molar-refractivity contribution < 1.29 is 4.92 Å². The van der Waals surface area contributed by atoms with Crippen LogP contribution in [0.4, 0.5) is 11.5 Å². The number of hydrogen-bond acceptors (Lipinski definition) is 5. The molecule has 0 spiro atoms. The van der Waals surface area contributed by atoms with Crippen molar-refractivity contribution >= 4 is 11.5 Å². The Morgan fingerprint density at radius 2 is 2.21 bits per heavy atom. The Morgan fingerprint density at radius 1 is 1.47 bits per heavy atom. The van der Waals surface area contributed by atoms with Gasteiger partial charge in [-0.15, -0.1) is 0 Å². The van der Waals surface area contributed by atoms with E-state index in [1.807, 2.05) is 20.2 Å². The highest BCUT2D eigenvalue weighted by molar-refractivity contribution is 5.47. The molecule has 0 aliphatic heterocycles. The lowest BCUT2D eigenvalue weighted by Gasteiger charge is -2.12. The van der Waals surface area contributed by atoms with Gasteiger partial charge in [0.15, 0.2) is 0 Å². The molecule has 2 aromatic rings. The van der Waals surface area contributed by atoms with Gasteiger partial charge in [0.25, 0.3) is 5.69 Å². The Kier molecular flexibility index (Phi) is 3.46. The number of nitrogens with one attached hydrogen (secondary N) is 1. The largest absolute Gasteiger partial charge is 0.363 e. The molecule has 0 fully saturated rings. The van der Waals surface area contributed by atoms with Gasteiger partial charge in [0.1, 0.15) is 12.0 Å². The topological polar surface area (TPSA) is 85.9 Å². The number of nitro groups is 1. The summed E-state index contributed by atoms with van der Waals surface area (Å²) in [5.74, 6) is 0.611. The normalized spacial score (nSPS) is 12.2. The number of aryl methyl sites for hydroxylation is 2. The minimum atomic E-state index is -0.434. The molecule has 0 radical (unpaired) electrons. The molecule has 1 unspecified atom stereocenters. The summed E-state index contributed by atoms with van der Waals surface area (Å²) in [7, 11) is 1.85. The van der Waals surface area contributed by atoms with Gasteiger partial charge in [0.2, 0.25) is 0 Å². The smallest absolute Gasteiger partial charge is 0.290 e. The number of anilines is 1. The van der Waals surface area contributed by atoms with Crippen LogP contribution in [0, 0.1) is 17.0 Å². The molecule has 1 atom stereocenters. The first kappa shape index (κ1) is 13.0. The van der Waals surface area contributed by atoms with Crippen LogP contribution in [0.3, 0.4) is 0 Å². The van der Waals surface area contributed by atoms with E-state index in [9.17, 15) is 10.1 Å². The molecular formula is C12H15N5O2. The number of hydrogen-bond donors (Lipinski definition) is 1. The quantitative estimate of drug-likeness (QED) is 0.673. The molecule has 0 saturated carbocycles. The van der Waals surface area contributed by atoms with Gasteiger partial charge in [-0.2, -0.15) is 5.10 Å². The Labute approximate surface area is 110 Å². The lowest BCUT2D eigenvalue weighted by molar-refractivity contribution is -0.385. The molecule has 0 amide bonds. The maximum atomic E-state index is 10.7. The van der Waals surface area contributed by atoms with Crippen molar-refractivity contribution in [2.45, 2.75) is 19.9 Å². The van der Waals surface area contributed by atoms with Crippen LogP contribution in [0.1, 0.15) is 24.1 Å². The van der Waals surface area contributed by atoms with Crippen molar-refractivity contribution in [3.63, 3.8) is 0 Å². The molecule has 0 saturated heterocycles. The summed E-state index contributed by atoms with van der Waals surface area (Å²) in [5, 5.41) is 18.0. The van der Waals surface area contributed by atoms with Crippen molar-refractivity contribution in [3.05, 3.63) is 45.9 Å². The summed E-state index contributed by atoms with van der Waals surface area (Å²) in [6.07, 6.45) is 4.96. The van der Waals surface area contributed by atoms with Crippen molar-refractivity contribution in [2.75, 3.05) is 5.32 Å². The Bertz CT molecular complexity index is 608. The van der Waals surface area contributed by atoms with Gasteiger partial charge >= 0.3 is 0 Å². The van der Waals surface area contributed by atoms with Gasteiger partial charge in [-0.3, -0.25) is 14.8 Å². The third kappa shape index (κ3) is 2.87. The highest BCUT2D eigenvalue weighted by Gasteiger charge is 2.13. The zero-order chi connectivity index (χ0) is 14.0. The minimum Gasteiger partial charge on any atom is -0.363 e. The predicted molar refractivity (Wildman–Crippen MR) is 70.9 cm³/mol. The van der Waals surface area contributed by atoms with Crippen LogP contribution >= 0.6 is 0 Å². The van der Waals surface area contributed by atoms with E-state index < -0.39 is 4.92 Å². The summed E-state index contributed by atoms with van der Waals surface area (Å²) in [5.41, 5.74) is 1.64. The second-order valence-corrected chi connectivity index (χ2v) is 4.43. The zero-order valence-corrected chi connectivity index (χ0v) is 11.0. The number of aromatic nitrogens is 3. The first-order valence-electron chi connectivity index (χ1n) is 5.83. The molecule has 19 heavy (non-hydrogen) atoms. The SMILES string of the molecule is Cc1cc(NC(C)c2cnn(C)c2)ncc1[N+](=O)[O-]. The molecule has 0 bridgehead atoms. The van der Waals surface area contributed by atoms with E-state index >= 15 is 0 Å². The highest BCUT2D eigenvalue weighted by Crippen LogP contribution is 2.22. The van der Waals surface area contributed by atoms with E-state index in [1.165, 1.54) is 6.20 Å². The fourth-order valence-corrected chi connectivity index (χ4v) is 1.79. The maximum absolute atomic E-state index is 10.7. The van der Waals surface area contributed by atoms with Crippen LogP contribution in [-0.4, -0.2) is 19.7 Å². The second kappa shape index (κ2) is 5.05. The summed E-state index contributed by atoms with van der Waals surface area (Å²) in [6.45, 7) is 3.68. The fraction of sp³-hybridized carbons (Fsp3) is 0.333. The van der Waals surface area contributed by atoms with Crippen molar-refractivity contribution in [2.24, 2.45) is 7.05 Å². The molecule has 0 aliphatic carbocycles. The monoisotopic (exact) mass is 261 g/mol. The number of pyridine rings is 1. The van der Waals surface area contributed by atoms with Gasteiger partial charge in [-0.25, -0.2) is 4.98 Å². The van der Waals surface area contributed by atoms with Crippen molar-refractivity contribution in [1.29, 1.82) is 0 Å². The zero-order valence-electron chi connectivity index (χ0n) is 11.0. The standard InChI is InChI=1S/C12H15N5O2/c1-8-4-12(13-6-11(8)17(18)19)15-9(2)10-5-14-16(3)7-10/h4-7,9H,1-3H3,(H,13,15). The van der Waals surface area contributed by atoms with Crippen LogP contribution in [0.25, 0.3) is 0 Å². The third-order valence-electron chi connectivity index (χ3n) is 2.87. The fourth-order valence-electron chi connectivity index (χ4n) is 1.79. The molecule has 7 nitrogen and oxygen atoms in total. The average Bonchev–Trinajstić information content (AvgIpc) is 2.75. The lowest BCUT2D eigenvalue weighted by atomic mass is 10.2. The van der Waals surface area contributed by atoms with Crippen LogP contribution in [0.2, 0.25) is 0 Å². The van der Waals surface area contributed by atoms with Crippen LogP contribution < -0.4 is 5.32 Å². The lowest BCUT2D eigenvalue weighted by Crippen LogP contribution is -2.08. The Hall–Kier alpha value is -2.44. The molecule has 2 aromatic heterocycles. The average molecular weight is 261 g/mol. The molecule has 2 rings (SSSR count). The van der Waals surface area contributed by atoms with Gasteiger partial charge in [0.05, 0.1) is 17.2 Å². The van der Waals surface area contributed by atoms with E-state index in [0.717, 1.165) is 5.56 Å². The van der Waals surface area contributed by atoms with Gasteiger partial charge in [-0.05, 0) is 19.9 Å². The van der Waals surface area contributed by atoms with Gasteiger partial charge in [-0.1, -0.05) is 0 Å². The van der Waals surface area contributed by atoms with Crippen molar-refractivity contribution in [1.82, 2.24) is 14.8 Å². The summed E-state index contributed by atoms with van der Waals surface area (Å²) in [4.78, 5) is 14.3. The molecular weight excluding hydrogens is 246 g/mol. The molecule has 7 heteroatoms. The summed E-state index contributed by atoms with van der Waals surface area (Å²) < 4.78 is 1.72. The van der Waals surface area contributed by atoms with E-state index in [4.69, 9.17) is 0 Å². The second-order valence-electron chi connectivity index (χ2n) is 4.43. The van der Waals surface area contributed by atoms with Crippen LogP contribution in [-0.2, 0) is 7.05 Å². The highest BCUT2D eigenvalue weighted by atomic mass is 16.6. The molecule has 100 valence electrons. The first-order chi connectivity index (χ1) is 8.97. The summed E-state index contributed by atoms with van der Waals surface area (Å²) >= 11 is 0. The van der Waals surface area contributed by atoms with E-state index in [1.54, 1.807) is 23.9 Å². The van der Waals surface area contributed by atoms with E-state index in [0.29, 0.717) is 11.4 Å².